The van der Waals surface area contributed by atoms with Crippen molar-refractivity contribution in [1.82, 2.24) is 15.1 Å². The van der Waals surface area contributed by atoms with Gasteiger partial charge < -0.3 is 20.1 Å². The molecule has 0 radical (unpaired) electrons. The standard InChI is InChI=1S/C20H22ClF3N4O3/c1-30-12-6-4-11(5-7-12)14-9-15(20(22,23)24)28-18(26-14)16(21)17(27-28)19(29)25-10-13-3-2-8-31-13/h4-7,13-15,26H,2-3,8-10H2,1H3,(H,25,29)/t13-,14-,15+/m0/s1. The summed E-state index contributed by atoms with van der Waals surface area (Å²) in [6.07, 6.45) is -3.25. The second-order valence-electron chi connectivity index (χ2n) is 7.56. The summed E-state index contributed by atoms with van der Waals surface area (Å²) in [6, 6.07) is 4.15. The van der Waals surface area contributed by atoms with Crippen molar-refractivity contribution in [3.63, 3.8) is 0 Å². The number of nitrogens with one attached hydrogen (secondary N) is 2. The van der Waals surface area contributed by atoms with Crippen LogP contribution in [0.2, 0.25) is 5.02 Å². The molecule has 1 saturated heterocycles. The number of hydrogen-bond acceptors (Lipinski definition) is 5. The van der Waals surface area contributed by atoms with Gasteiger partial charge in [-0.25, -0.2) is 4.68 Å². The number of benzene rings is 1. The molecule has 2 aliphatic heterocycles. The number of anilines is 1. The van der Waals surface area contributed by atoms with Crippen molar-refractivity contribution >= 4 is 23.3 Å². The molecule has 0 saturated carbocycles. The number of fused-ring (bicyclic) bond motifs is 1. The number of halogens is 4. The quantitative estimate of drug-likeness (QED) is 0.705. The first kappa shape index (κ1) is 21.8. The minimum absolute atomic E-state index is 0.0293. The molecule has 3 atom stereocenters. The highest BCUT2D eigenvalue weighted by molar-refractivity contribution is 6.36. The number of carbonyl (C=O) groups excluding carboxylic acids is 1. The lowest BCUT2D eigenvalue weighted by Gasteiger charge is -2.33. The van der Waals surface area contributed by atoms with Crippen LogP contribution in [0.1, 0.15) is 47.4 Å². The van der Waals surface area contributed by atoms with Gasteiger partial charge in [0.25, 0.3) is 5.91 Å². The third-order valence-electron chi connectivity index (χ3n) is 5.54. The summed E-state index contributed by atoms with van der Waals surface area (Å²) in [6.45, 7) is 0.881. The van der Waals surface area contributed by atoms with Gasteiger partial charge in [-0.3, -0.25) is 4.79 Å². The zero-order valence-corrected chi connectivity index (χ0v) is 17.5. The SMILES string of the molecule is COc1ccc([C@@H]2C[C@H](C(F)(F)F)n3nc(C(=O)NC[C@@H]4CCCO4)c(Cl)c3N2)cc1. The molecule has 0 aliphatic carbocycles. The highest BCUT2D eigenvalue weighted by Crippen LogP contribution is 2.46. The van der Waals surface area contributed by atoms with Crippen LogP contribution in [-0.2, 0) is 4.74 Å². The van der Waals surface area contributed by atoms with Gasteiger partial charge in [-0.2, -0.15) is 18.3 Å². The molecule has 0 bridgehead atoms. The molecular weight excluding hydrogens is 437 g/mol. The van der Waals surface area contributed by atoms with E-state index in [1.807, 2.05) is 0 Å². The van der Waals surface area contributed by atoms with E-state index in [0.717, 1.165) is 17.5 Å². The zero-order valence-electron chi connectivity index (χ0n) is 16.7. The van der Waals surface area contributed by atoms with Crippen molar-refractivity contribution in [3.05, 3.63) is 40.5 Å². The predicted molar refractivity (Wildman–Crippen MR) is 108 cm³/mol. The third-order valence-corrected chi connectivity index (χ3v) is 5.90. The van der Waals surface area contributed by atoms with E-state index in [4.69, 9.17) is 21.1 Å². The number of rotatable bonds is 5. The molecule has 7 nitrogen and oxygen atoms in total. The van der Waals surface area contributed by atoms with Gasteiger partial charge in [-0.1, -0.05) is 23.7 Å². The molecule has 11 heteroatoms. The maximum atomic E-state index is 13.9. The number of methoxy groups -OCH3 is 1. The molecule has 2 aromatic rings. The molecule has 0 spiro atoms. The molecular formula is C20H22ClF3N4O3. The fraction of sp³-hybridized carbons (Fsp3) is 0.500. The molecule has 31 heavy (non-hydrogen) atoms. The number of ether oxygens (including phenoxy) is 2. The second-order valence-corrected chi connectivity index (χ2v) is 7.94. The van der Waals surface area contributed by atoms with Gasteiger partial charge in [0.2, 0.25) is 0 Å². The Kier molecular flexibility index (Phi) is 6.02. The van der Waals surface area contributed by atoms with E-state index in [1.165, 1.54) is 7.11 Å². The first-order chi connectivity index (χ1) is 14.8. The summed E-state index contributed by atoms with van der Waals surface area (Å²) in [7, 11) is 1.51. The fourth-order valence-electron chi connectivity index (χ4n) is 3.89. The summed E-state index contributed by atoms with van der Waals surface area (Å²) in [4.78, 5) is 12.6. The van der Waals surface area contributed by atoms with Crippen LogP contribution in [0.3, 0.4) is 0 Å². The van der Waals surface area contributed by atoms with E-state index in [0.29, 0.717) is 17.9 Å². The molecule has 0 unspecified atom stereocenters. The van der Waals surface area contributed by atoms with Crippen molar-refractivity contribution in [2.24, 2.45) is 0 Å². The number of aromatic nitrogens is 2. The predicted octanol–water partition coefficient (Wildman–Crippen LogP) is 4.11. The van der Waals surface area contributed by atoms with Crippen LogP contribution in [0.25, 0.3) is 0 Å². The van der Waals surface area contributed by atoms with Gasteiger partial charge >= 0.3 is 6.18 Å². The molecule has 4 rings (SSSR count). The number of amides is 1. The van der Waals surface area contributed by atoms with Crippen molar-refractivity contribution in [3.8, 4) is 5.75 Å². The van der Waals surface area contributed by atoms with Gasteiger partial charge in [0.15, 0.2) is 11.7 Å². The molecule has 2 N–H and O–H groups in total. The van der Waals surface area contributed by atoms with Gasteiger partial charge in [-0.15, -0.1) is 0 Å². The fourth-order valence-corrected chi connectivity index (χ4v) is 4.15. The topological polar surface area (TPSA) is 77.4 Å². The first-order valence-electron chi connectivity index (χ1n) is 9.93. The highest BCUT2D eigenvalue weighted by atomic mass is 35.5. The number of carbonyl (C=O) groups is 1. The molecule has 2 aliphatic rings. The van der Waals surface area contributed by atoms with E-state index in [2.05, 4.69) is 15.7 Å². The minimum Gasteiger partial charge on any atom is -0.497 e. The Bertz CT molecular complexity index is 942. The van der Waals surface area contributed by atoms with Crippen molar-refractivity contribution in [2.75, 3.05) is 25.6 Å². The van der Waals surface area contributed by atoms with E-state index in [1.54, 1.807) is 24.3 Å². The molecule has 1 fully saturated rings. The van der Waals surface area contributed by atoms with Crippen LogP contribution in [0.4, 0.5) is 19.0 Å². The number of alkyl halides is 3. The summed E-state index contributed by atoms with van der Waals surface area (Å²) in [5.41, 5.74) is 0.398. The summed E-state index contributed by atoms with van der Waals surface area (Å²) < 4.78 is 52.9. The van der Waals surface area contributed by atoms with E-state index < -0.39 is 24.2 Å². The Labute approximate surface area is 181 Å². The van der Waals surface area contributed by atoms with Crippen LogP contribution >= 0.6 is 11.6 Å². The average molecular weight is 459 g/mol. The van der Waals surface area contributed by atoms with Gasteiger partial charge in [0.1, 0.15) is 16.6 Å². The van der Waals surface area contributed by atoms with Gasteiger partial charge in [0, 0.05) is 19.6 Å². The van der Waals surface area contributed by atoms with Crippen LogP contribution < -0.4 is 15.4 Å². The lowest BCUT2D eigenvalue weighted by Crippen LogP contribution is -2.36. The van der Waals surface area contributed by atoms with E-state index in [-0.39, 0.29) is 35.6 Å². The van der Waals surface area contributed by atoms with Crippen molar-refractivity contribution in [2.45, 2.75) is 43.6 Å². The maximum Gasteiger partial charge on any atom is 0.410 e. The maximum absolute atomic E-state index is 13.9. The van der Waals surface area contributed by atoms with Crippen molar-refractivity contribution < 1.29 is 27.4 Å². The van der Waals surface area contributed by atoms with Crippen LogP contribution in [0.5, 0.6) is 5.75 Å². The average Bonchev–Trinajstić information content (AvgIpc) is 3.39. The lowest BCUT2D eigenvalue weighted by molar-refractivity contribution is -0.173. The van der Waals surface area contributed by atoms with Gasteiger partial charge in [0.05, 0.1) is 19.3 Å². The largest absolute Gasteiger partial charge is 0.497 e. The van der Waals surface area contributed by atoms with E-state index >= 15 is 0 Å². The molecule has 1 amide bonds. The van der Waals surface area contributed by atoms with Crippen LogP contribution in [-0.4, -0.2) is 48.2 Å². The van der Waals surface area contributed by atoms with Crippen LogP contribution in [0.15, 0.2) is 24.3 Å². The van der Waals surface area contributed by atoms with E-state index in [9.17, 15) is 18.0 Å². The van der Waals surface area contributed by atoms with Crippen molar-refractivity contribution in [1.29, 1.82) is 0 Å². The molecule has 168 valence electrons. The summed E-state index contributed by atoms with van der Waals surface area (Å²) in [5, 5.41) is 9.46. The Balaban J connectivity index is 1.61. The zero-order chi connectivity index (χ0) is 22.2. The normalized spacial score (nSPS) is 23.2. The molecule has 1 aromatic carbocycles. The first-order valence-corrected chi connectivity index (χ1v) is 10.3. The Hall–Kier alpha value is -2.46. The molecule has 1 aromatic heterocycles. The monoisotopic (exact) mass is 458 g/mol. The Morgan fingerprint density at radius 1 is 1.39 bits per heavy atom. The molecule has 3 heterocycles. The minimum atomic E-state index is -4.57. The van der Waals surface area contributed by atoms with Crippen LogP contribution in [0, 0.1) is 0 Å². The second kappa shape index (κ2) is 8.58. The number of nitrogens with zero attached hydrogens (tertiary/aromatic N) is 2. The third kappa shape index (κ3) is 4.45. The van der Waals surface area contributed by atoms with Gasteiger partial charge in [-0.05, 0) is 30.5 Å². The smallest absolute Gasteiger partial charge is 0.410 e. The summed E-state index contributed by atoms with van der Waals surface area (Å²) >= 11 is 6.32. The Morgan fingerprint density at radius 3 is 2.74 bits per heavy atom. The lowest BCUT2D eigenvalue weighted by atomic mass is 9.97. The Morgan fingerprint density at radius 2 is 2.13 bits per heavy atom. The summed E-state index contributed by atoms with van der Waals surface area (Å²) in [5.74, 6) is -0.0651. The highest BCUT2D eigenvalue weighted by Gasteiger charge is 2.47. The number of hydrogen-bond donors (Lipinski definition) is 2.